The Kier molecular flexibility index (Phi) is 4.61. The molecule has 0 N–H and O–H groups in total. The van der Waals surface area contributed by atoms with Gasteiger partial charge in [0, 0.05) is 29.5 Å². The first-order chi connectivity index (χ1) is 17.3. The molecule has 1 heterocycles. The number of halogens is 1. The number of anilines is 1. The van der Waals surface area contributed by atoms with Crippen LogP contribution in [-0.4, -0.2) is 27.8 Å². The van der Waals surface area contributed by atoms with Crippen LogP contribution in [0.4, 0.5) is 10.1 Å². The number of hydrogen-bond donors (Lipinski definition) is 0. The fourth-order valence-corrected chi connectivity index (χ4v) is 8.16. The van der Waals surface area contributed by atoms with Gasteiger partial charge >= 0.3 is 0 Å². The van der Waals surface area contributed by atoms with Gasteiger partial charge in [-0.2, -0.15) is 10.2 Å². The molecule has 7 aliphatic carbocycles. The van der Waals surface area contributed by atoms with E-state index in [9.17, 15) is 14.4 Å². The maximum atomic E-state index is 14.2. The third kappa shape index (κ3) is 3.29. The Hall–Kier alpha value is -2.75. The lowest BCUT2D eigenvalue weighted by Gasteiger charge is -2.66. The lowest BCUT2D eigenvalue weighted by Crippen LogP contribution is -2.66. The van der Waals surface area contributed by atoms with E-state index < -0.39 is 5.67 Å². The van der Waals surface area contributed by atoms with Gasteiger partial charge in [-0.15, -0.1) is 0 Å². The summed E-state index contributed by atoms with van der Waals surface area (Å²) in [5.41, 5.74) is 0.159. The third-order valence-corrected chi connectivity index (χ3v) is 10.5. The Bertz CT molecular complexity index is 1230. The summed E-state index contributed by atoms with van der Waals surface area (Å²) in [7, 11) is 0. The van der Waals surface area contributed by atoms with Crippen molar-refractivity contribution < 1.29 is 13.7 Å². The van der Waals surface area contributed by atoms with Crippen molar-refractivity contribution in [3.63, 3.8) is 0 Å². The van der Waals surface area contributed by atoms with Crippen molar-refractivity contribution in [1.82, 2.24) is 10.1 Å². The van der Waals surface area contributed by atoms with Gasteiger partial charge in [0.15, 0.2) is 5.82 Å². The van der Waals surface area contributed by atoms with Crippen LogP contribution in [0.5, 0.6) is 0 Å². The van der Waals surface area contributed by atoms with E-state index in [1.165, 1.54) is 0 Å². The first-order valence-corrected chi connectivity index (χ1v) is 13.6. The number of hydrogen-bond acceptors (Lipinski definition) is 5. The molecule has 0 spiro atoms. The molecule has 9 rings (SSSR count). The topological polar surface area (TPSA) is 83.0 Å². The van der Waals surface area contributed by atoms with E-state index >= 15 is 0 Å². The van der Waals surface area contributed by atoms with Crippen molar-refractivity contribution in [3.8, 4) is 6.07 Å². The lowest BCUT2D eigenvalue weighted by molar-refractivity contribution is -0.215. The molecule has 7 heteroatoms. The molecular weight excluding hydrogens is 455 g/mol. The van der Waals surface area contributed by atoms with Gasteiger partial charge in [0.2, 0.25) is 11.8 Å². The van der Waals surface area contributed by atoms with Crippen LogP contribution >= 0.6 is 0 Å². The van der Waals surface area contributed by atoms with Crippen molar-refractivity contribution >= 4 is 11.6 Å². The number of nitrogens with zero attached hydrogens (tertiary/aromatic N) is 4. The van der Waals surface area contributed by atoms with Gasteiger partial charge in [-0.3, -0.25) is 4.79 Å². The normalized spacial score (nSPS) is 36.9. The fraction of sp³-hybridized carbons (Fsp3) is 0.655. The Morgan fingerprint density at radius 2 is 1.89 bits per heavy atom. The van der Waals surface area contributed by atoms with Gasteiger partial charge in [0.25, 0.3) is 0 Å². The van der Waals surface area contributed by atoms with E-state index in [-0.39, 0.29) is 28.2 Å². The minimum absolute atomic E-state index is 0.00589. The van der Waals surface area contributed by atoms with Crippen LogP contribution in [0.3, 0.4) is 0 Å². The summed E-state index contributed by atoms with van der Waals surface area (Å²) in [6.07, 6.45) is 10.3. The van der Waals surface area contributed by atoms with E-state index in [1.807, 2.05) is 23.1 Å². The molecule has 0 aliphatic heterocycles. The summed E-state index contributed by atoms with van der Waals surface area (Å²) in [6.45, 7) is 2.19. The quantitative estimate of drug-likeness (QED) is 0.469. The smallest absolute Gasteiger partial charge is 0.232 e. The Labute approximate surface area is 211 Å². The zero-order chi connectivity index (χ0) is 24.8. The molecule has 1 aromatic heterocycles. The van der Waals surface area contributed by atoms with Crippen LogP contribution in [0.1, 0.15) is 107 Å². The molecule has 0 radical (unpaired) electrons. The van der Waals surface area contributed by atoms with Gasteiger partial charge in [0.05, 0.1) is 11.6 Å². The van der Waals surface area contributed by atoms with Crippen molar-refractivity contribution in [2.24, 2.45) is 10.8 Å². The van der Waals surface area contributed by atoms with E-state index in [0.717, 1.165) is 68.8 Å². The number of aromatic nitrogens is 2. The van der Waals surface area contributed by atoms with Gasteiger partial charge in [-0.25, -0.2) is 4.39 Å². The summed E-state index contributed by atoms with van der Waals surface area (Å²) >= 11 is 0. The predicted molar refractivity (Wildman–Crippen MR) is 131 cm³/mol. The SMILES string of the molecule is CC(N(C(=O)CC12CC(F)(C1)C2)c1cccc(C#N)c1)C12CCC(c3nc(C4CC4)no3)(CC1)CC2. The maximum absolute atomic E-state index is 14.2. The molecular formula is C29H33FN4O2. The minimum atomic E-state index is -1.01. The van der Waals surface area contributed by atoms with E-state index in [4.69, 9.17) is 9.51 Å². The second kappa shape index (κ2) is 7.40. The van der Waals surface area contributed by atoms with Gasteiger partial charge in [0.1, 0.15) is 5.67 Å². The predicted octanol–water partition coefficient (Wildman–Crippen LogP) is 6.11. The number of nitriles is 1. The molecule has 7 aliphatic rings. The van der Waals surface area contributed by atoms with Crippen molar-refractivity contribution in [3.05, 3.63) is 41.5 Å². The fourth-order valence-electron chi connectivity index (χ4n) is 8.16. The highest BCUT2D eigenvalue weighted by atomic mass is 19.1. The highest BCUT2D eigenvalue weighted by Crippen LogP contribution is 2.71. The van der Waals surface area contributed by atoms with Gasteiger partial charge in [-0.05, 0) is 107 Å². The summed E-state index contributed by atoms with van der Waals surface area (Å²) in [5, 5.41) is 13.8. The second-order valence-electron chi connectivity index (χ2n) is 12.8. The first kappa shape index (κ1) is 22.4. The zero-order valence-electron chi connectivity index (χ0n) is 20.9. The number of carbonyl (C=O) groups excluding carboxylic acids is 1. The Morgan fingerprint density at radius 1 is 1.19 bits per heavy atom. The van der Waals surface area contributed by atoms with Crippen LogP contribution in [0.2, 0.25) is 0 Å². The van der Waals surface area contributed by atoms with Crippen molar-refractivity contribution in [1.29, 1.82) is 5.26 Å². The molecule has 2 aromatic rings. The summed E-state index contributed by atoms with van der Waals surface area (Å²) < 4.78 is 20.0. The van der Waals surface area contributed by atoms with Crippen LogP contribution in [-0.2, 0) is 10.2 Å². The summed E-state index contributed by atoms with van der Waals surface area (Å²) in [4.78, 5) is 20.7. The molecule has 6 nitrogen and oxygen atoms in total. The van der Waals surface area contributed by atoms with Crippen LogP contribution in [0, 0.1) is 22.2 Å². The van der Waals surface area contributed by atoms with E-state index in [0.29, 0.717) is 37.2 Å². The minimum Gasteiger partial charge on any atom is -0.339 e. The number of amides is 1. The number of alkyl halides is 1. The highest BCUT2D eigenvalue weighted by molar-refractivity contribution is 5.95. The molecule has 7 saturated carbocycles. The second-order valence-corrected chi connectivity index (χ2v) is 12.8. The Balaban J connectivity index is 1.14. The molecule has 7 fully saturated rings. The molecule has 1 atom stereocenters. The van der Waals surface area contributed by atoms with Crippen LogP contribution < -0.4 is 4.90 Å². The Morgan fingerprint density at radius 3 is 2.50 bits per heavy atom. The number of rotatable bonds is 7. The van der Waals surface area contributed by atoms with E-state index in [2.05, 4.69) is 18.1 Å². The van der Waals surface area contributed by atoms with Crippen molar-refractivity contribution in [2.45, 2.75) is 107 Å². The standard InChI is InChI=1S/C29H33FN4O2/c1-19(27-7-10-28(11-8-27,12-9-27)25-32-24(33-36-25)21-5-6-21)34(22-4-2-3-20(13-22)15-31)23(35)14-26-16-29(30,17-26)18-26/h2-4,13,19,21H,5-12,14,16-18H2,1H3. The van der Waals surface area contributed by atoms with Crippen LogP contribution in [0.15, 0.2) is 28.8 Å². The monoisotopic (exact) mass is 488 g/mol. The average molecular weight is 489 g/mol. The highest BCUT2D eigenvalue weighted by Gasteiger charge is 2.69. The average Bonchev–Trinajstić information content (AvgIpc) is 3.59. The van der Waals surface area contributed by atoms with Crippen molar-refractivity contribution in [2.75, 3.05) is 4.90 Å². The zero-order valence-corrected chi connectivity index (χ0v) is 20.9. The lowest BCUT2D eigenvalue weighted by atomic mass is 9.41. The molecule has 1 amide bonds. The van der Waals surface area contributed by atoms with Gasteiger partial charge < -0.3 is 9.42 Å². The van der Waals surface area contributed by atoms with E-state index in [1.54, 1.807) is 6.07 Å². The molecule has 188 valence electrons. The molecule has 1 aromatic carbocycles. The number of fused-ring (bicyclic) bond motifs is 3. The summed E-state index contributed by atoms with van der Waals surface area (Å²) in [5.74, 6) is 2.26. The first-order valence-electron chi connectivity index (χ1n) is 13.6. The summed E-state index contributed by atoms with van der Waals surface area (Å²) in [6, 6.07) is 9.62. The number of carbonyl (C=O) groups is 1. The van der Waals surface area contributed by atoms with Gasteiger partial charge in [-0.1, -0.05) is 11.2 Å². The molecule has 0 saturated heterocycles. The maximum Gasteiger partial charge on any atom is 0.232 e. The molecule has 1 unspecified atom stereocenters. The number of benzene rings is 1. The third-order valence-electron chi connectivity index (χ3n) is 10.5. The molecule has 36 heavy (non-hydrogen) atoms. The van der Waals surface area contributed by atoms with Crippen LogP contribution in [0.25, 0.3) is 0 Å². The largest absolute Gasteiger partial charge is 0.339 e. The molecule has 4 bridgehead atoms.